The van der Waals surface area contributed by atoms with Crippen LogP contribution in [0.1, 0.15) is 26.7 Å². The first-order chi connectivity index (χ1) is 13.8. The molecular formula is C21H28N2O5S. The summed E-state index contributed by atoms with van der Waals surface area (Å²) in [6.07, 6.45) is 1.70. The second kappa shape index (κ2) is 10.7. The van der Waals surface area contributed by atoms with Gasteiger partial charge in [0, 0.05) is 24.7 Å². The van der Waals surface area contributed by atoms with Gasteiger partial charge in [-0.3, -0.25) is 9.10 Å². The third-order valence-corrected chi connectivity index (χ3v) is 5.21. The minimum absolute atomic E-state index is 0.176. The summed E-state index contributed by atoms with van der Waals surface area (Å²) >= 11 is 0. The molecule has 2 aromatic carbocycles. The molecular weight excluding hydrogens is 392 g/mol. The maximum atomic E-state index is 12.3. The van der Waals surface area contributed by atoms with Crippen molar-refractivity contribution in [2.45, 2.75) is 26.7 Å². The van der Waals surface area contributed by atoms with Crippen LogP contribution in [0, 0.1) is 0 Å². The van der Waals surface area contributed by atoms with Crippen LogP contribution >= 0.6 is 0 Å². The highest BCUT2D eigenvalue weighted by molar-refractivity contribution is 7.92. The summed E-state index contributed by atoms with van der Waals surface area (Å²) in [6.45, 7) is 4.88. The van der Waals surface area contributed by atoms with Gasteiger partial charge < -0.3 is 14.8 Å². The Hall–Kier alpha value is -2.74. The Balaban J connectivity index is 2.00. The van der Waals surface area contributed by atoms with Crippen molar-refractivity contribution in [3.63, 3.8) is 0 Å². The van der Waals surface area contributed by atoms with E-state index < -0.39 is 10.0 Å². The van der Waals surface area contributed by atoms with E-state index in [2.05, 4.69) is 5.32 Å². The molecule has 29 heavy (non-hydrogen) atoms. The van der Waals surface area contributed by atoms with Crippen molar-refractivity contribution in [1.29, 1.82) is 0 Å². The van der Waals surface area contributed by atoms with Crippen LogP contribution in [0.4, 0.5) is 11.4 Å². The van der Waals surface area contributed by atoms with Gasteiger partial charge in [0.1, 0.15) is 11.5 Å². The van der Waals surface area contributed by atoms with Crippen molar-refractivity contribution in [2.24, 2.45) is 0 Å². The molecule has 0 aliphatic rings. The lowest BCUT2D eigenvalue weighted by Gasteiger charge is -2.24. The normalized spacial score (nSPS) is 11.0. The molecule has 0 aliphatic carbocycles. The largest absolute Gasteiger partial charge is 0.494 e. The van der Waals surface area contributed by atoms with E-state index >= 15 is 0 Å². The Morgan fingerprint density at radius 3 is 2.45 bits per heavy atom. The number of carbonyl (C=O) groups excluding carboxylic acids is 1. The summed E-state index contributed by atoms with van der Waals surface area (Å²) in [6, 6.07) is 14.1. The van der Waals surface area contributed by atoms with Gasteiger partial charge >= 0.3 is 0 Å². The number of hydrogen-bond donors (Lipinski definition) is 1. The number of rotatable bonds is 11. The number of benzene rings is 2. The number of carbonyl (C=O) groups is 1. The summed E-state index contributed by atoms with van der Waals surface area (Å²) in [7, 11) is -3.52. The summed E-state index contributed by atoms with van der Waals surface area (Å²) in [4.78, 5) is 12.3. The third kappa shape index (κ3) is 6.98. The molecule has 2 aromatic rings. The van der Waals surface area contributed by atoms with Crippen LogP contribution in [0.15, 0.2) is 48.5 Å². The standard InChI is InChI=1S/C21H28N2O5S/c1-4-27-18-11-8-10-17(16-18)22-21(24)14-9-15-23(29(3,25)26)19-12-6-7-13-20(19)28-5-2/h6-8,10-13,16H,4-5,9,14-15H2,1-3H3,(H,22,24). The predicted octanol–water partition coefficient (Wildman–Crippen LogP) is 3.67. The zero-order valence-electron chi connectivity index (χ0n) is 17.1. The number of nitrogens with one attached hydrogen (secondary N) is 1. The van der Waals surface area contributed by atoms with Gasteiger partial charge in [0.25, 0.3) is 0 Å². The fraction of sp³-hybridized carbons (Fsp3) is 0.381. The van der Waals surface area contributed by atoms with Gasteiger partial charge in [0.15, 0.2) is 0 Å². The summed E-state index contributed by atoms with van der Waals surface area (Å²) < 4.78 is 36.9. The topological polar surface area (TPSA) is 84.9 Å². The van der Waals surface area contributed by atoms with Crippen LogP contribution in [-0.2, 0) is 14.8 Å². The quantitative estimate of drug-likeness (QED) is 0.600. The van der Waals surface area contributed by atoms with Crippen LogP contribution < -0.4 is 19.1 Å². The van der Waals surface area contributed by atoms with Crippen molar-refractivity contribution in [1.82, 2.24) is 0 Å². The first kappa shape index (κ1) is 22.5. The fourth-order valence-corrected chi connectivity index (χ4v) is 3.81. The molecule has 0 heterocycles. The SMILES string of the molecule is CCOc1cccc(NC(=O)CCCN(c2ccccc2OCC)S(C)(=O)=O)c1. The molecule has 8 heteroatoms. The highest BCUT2D eigenvalue weighted by atomic mass is 32.2. The van der Waals surface area contributed by atoms with Crippen molar-refractivity contribution in [3.8, 4) is 11.5 Å². The summed E-state index contributed by atoms with van der Waals surface area (Å²) in [5.41, 5.74) is 1.12. The van der Waals surface area contributed by atoms with Crippen LogP contribution in [-0.4, -0.2) is 40.3 Å². The Labute approximate surface area is 172 Å². The number of amides is 1. The molecule has 0 aromatic heterocycles. The average molecular weight is 421 g/mol. The number of nitrogens with zero attached hydrogens (tertiary/aromatic N) is 1. The number of anilines is 2. The Kier molecular flexibility index (Phi) is 8.33. The van der Waals surface area contributed by atoms with Crippen LogP contribution in [0.25, 0.3) is 0 Å². The first-order valence-electron chi connectivity index (χ1n) is 9.57. The van der Waals surface area contributed by atoms with Gasteiger partial charge in [-0.15, -0.1) is 0 Å². The lowest BCUT2D eigenvalue weighted by atomic mass is 10.2. The van der Waals surface area contributed by atoms with Crippen molar-refractivity contribution >= 4 is 27.3 Å². The van der Waals surface area contributed by atoms with Gasteiger partial charge in [-0.2, -0.15) is 0 Å². The van der Waals surface area contributed by atoms with E-state index in [-0.39, 0.29) is 18.9 Å². The average Bonchev–Trinajstić information content (AvgIpc) is 2.66. The van der Waals surface area contributed by atoms with Gasteiger partial charge in [0.2, 0.25) is 15.9 Å². The lowest BCUT2D eigenvalue weighted by Crippen LogP contribution is -2.31. The zero-order valence-corrected chi connectivity index (χ0v) is 17.9. The maximum Gasteiger partial charge on any atom is 0.232 e. The van der Waals surface area contributed by atoms with Crippen LogP contribution in [0.5, 0.6) is 11.5 Å². The van der Waals surface area contributed by atoms with E-state index in [1.165, 1.54) is 4.31 Å². The van der Waals surface area contributed by atoms with Gasteiger partial charge in [-0.05, 0) is 44.5 Å². The van der Waals surface area contributed by atoms with Crippen molar-refractivity contribution in [2.75, 3.05) is 35.6 Å². The molecule has 0 spiro atoms. The Bertz CT molecular complexity index is 915. The first-order valence-corrected chi connectivity index (χ1v) is 11.4. The molecule has 0 saturated heterocycles. The second-order valence-electron chi connectivity index (χ2n) is 6.35. The van der Waals surface area contributed by atoms with E-state index in [4.69, 9.17) is 9.47 Å². The highest BCUT2D eigenvalue weighted by Gasteiger charge is 2.21. The minimum atomic E-state index is -3.52. The molecule has 0 saturated carbocycles. The van der Waals surface area contributed by atoms with Crippen molar-refractivity contribution < 1.29 is 22.7 Å². The Morgan fingerprint density at radius 1 is 1.03 bits per heavy atom. The molecule has 2 rings (SSSR count). The smallest absolute Gasteiger partial charge is 0.232 e. The molecule has 1 amide bonds. The second-order valence-corrected chi connectivity index (χ2v) is 8.26. The maximum absolute atomic E-state index is 12.3. The van der Waals surface area contributed by atoms with Gasteiger partial charge in [-0.25, -0.2) is 8.42 Å². The molecule has 7 nitrogen and oxygen atoms in total. The van der Waals surface area contributed by atoms with Gasteiger partial charge in [-0.1, -0.05) is 18.2 Å². The number of ether oxygens (including phenoxy) is 2. The van der Waals surface area contributed by atoms with Crippen LogP contribution in [0.3, 0.4) is 0 Å². The Morgan fingerprint density at radius 2 is 1.76 bits per heavy atom. The van der Waals surface area contributed by atoms with Crippen molar-refractivity contribution in [3.05, 3.63) is 48.5 Å². The van der Waals surface area contributed by atoms with Crippen LogP contribution in [0.2, 0.25) is 0 Å². The summed E-state index contributed by atoms with van der Waals surface area (Å²) in [5.74, 6) is 0.990. The van der Waals surface area contributed by atoms with E-state index in [1.54, 1.807) is 42.5 Å². The zero-order chi connectivity index (χ0) is 21.3. The monoisotopic (exact) mass is 420 g/mol. The molecule has 0 atom stereocenters. The minimum Gasteiger partial charge on any atom is -0.494 e. The number of para-hydroxylation sites is 2. The third-order valence-electron chi connectivity index (χ3n) is 4.03. The molecule has 158 valence electrons. The van der Waals surface area contributed by atoms with E-state index in [0.717, 1.165) is 6.26 Å². The van der Waals surface area contributed by atoms with E-state index in [9.17, 15) is 13.2 Å². The summed E-state index contributed by atoms with van der Waals surface area (Å²) in [5, 5.41) is 2.81. The molecule has 0 aliphatic heterocycles. The fourth-order valence-electron chi connectivity index (χ4n) is 2.84. The lowest BCUT2D eigenvalue weighted by molar-refractivity contribution is -0.116. The number of hydrogen-bond acceptors (Lipinski definition) is 5. The molecule has 1 N–H and O–H groups in total. The molecule has 0 unspecified atom stereocenters. The number of sulfonamides is 1. The highest BCUT2D eigenvalue weighted by Crippen LogP contribution is 2.30. The van der Waals surface area contributed by atoms with E-state index in [0.29, 0.717) is 42.5 Å². The molecule has 0 fully saturated rings. The molecule has 0 bridgehead atoms. The van der Waals surface area contributed by atoms with Gasteiger partial charge in [0.05, 0.1) is 25.2 Å². The van der Waals surface area contributed by atoms with E-state index in [1.807, 2.05) is 19.9 Å². The molecule has 0 radical (unpaired) electrons. The predicted molar refractivity (Wildman–Crippen MR) is 115 cm³/mol.